The van der Waals surface area contributed by atoms with Crippen molar-refractivity contribution in [1.29, 1.82) is 0 Å². The fourth-order valence-electron chi connectivity index (χ4n) is 2.68. The van der Waals surface area contributed by atoms with Crippen molar-refractivity contribution in [3.63, 3.8) is 0 Å². The molecule has 0 spiro atoms. The van der Waals surface area contributed by atoms with Gasteiger partial charge in [0.2, 0.25) is 0 Å². The molecule has 0 saturated carbocycles. The normalized spacial score (nSPS) is 11.3. The number of benzene rings is 1. The van der Waals surface area contributed by atoms with Crippen LogP contribution in [0.3, 0.4) is 0 Å². The SMILES string of the molecule is CCc1ccc(-c2nc(C(N)=O)c3[nH]c(=O)n(C(C)C)c3n2)cc1. The lowest BCUT2D eigenvalue weighted by molar-refractivity contribution is 0.0997. The summed E-state index contributed by atoms with van der Waals surface area (Å²) in [5.41, 5.74) is 7.74. The molecule has 2 heterocycles. The molecule has 124 valence electrons. The summed E-state index contributed by atoms with van der Waals surface area (Å²) in [5.74, 6) is -0.335. The number of carbonyl (C=O) groups excluding carboxylic acids is 1. The van der Waals surface area contributed by atoms with Crippen LogP contribution in [-0.2, 0) is 6.42 Å². The lowest BCUT2D eigenvalue weighted by Gasteiger charge is -2.08. The van der Waals surface area contributed by atoms with Crippen LogP contribution in [0.2, 0.25) is 0 Å². The predicted molar refractivity (Wildman–Crippen MR) is 91.9 cm³/mol. The van der Waals surface area contributed by atoms with Crippen LogP contribution in [0.25, 0.3) is 22.6 Å². The van der Waals surface area contributed by atoms with Gasteiger partial charge in [-0.1, -0.05) is 31.2 Å². The molecule has 3 rings (SSSR count). The molecule has 7 heteroatoms. The number of hydrogen-bond donors (Lipinski definition) is 2. The molecule has 0 atom stereocenters. The van der Waals surface area contributed by atoms with Crippen LogP contribution in [0, 0.1) is 0 Å². The summed E-state index contributed by atoms with van der Waals surface area (Å²) >= 11 is 0. The average Bonchev–Trinajstić information content (AvgIpc) is 2.89. The number of imidazole rings is 1. The van der Waals surface area contributed by atoms with Crippen LogP contribution >= 0.6 is 0 Å². The fourth-order valence-corrected chi connectivity index (χ4v) is 2.68. The van der Waals surface area contributed by atoms with Gasteiger partial charge in [0.05, 0.1) is 0 Å². The molecular formula is C17H19N5O2. The van der Waals surface area contributed by atoms with Crippen molar-refractivity contribution in [3.8, 4) is 11.4 Å². The van der Waals surface area contributed by atoms with Gasteiger partial charge in [-0.2, -0.15) is 0 Å². The number of aryl methyl sites for hydroxylation is 1. The van der Waals surface area contributed by atoms with Crippen molar-refractivity contribution in [1.82, 2.24) is 19.5 Å². The summed E-state index contributed by atoms with van der Waals surface area (Å²) in [5, 5.41) is 0. The van der Waals surface area contributed by atoms with E-state index in [0.29, 0.717) is 11.5 Å². The number of fused-ring (bicyclic) bond motifs is 1. The van der Waals surface area contributed by atoms with Crippen LogP contribution in [0.15, 0.2) is 29.1 Å². The smallest absolute Gasteiger partial charge is 0.327 e. The molecule has 1 amide bonds. The maximum absolute atomic E-state index is 12.2. The number of rotatable bonds is 4. The van der Waals surface area contributed by atoms with Gasteiger partial charge in [-0.05, 0) is 25.8 Å². The fraction of sp³-hybridized carbons (Fsp3) is 0.294. The molecule has 0 aliphatic rings. The highest BCUT2D eigenvalue weighted by atomic mass is 16.2. The molecule has 0 bridgehead atoms. The zero-order valence-electron chi connectivity index (χ0n) is 13.8. The Balaban J connectivity index is 2.30. The second kappa shape index (κ2) is 5.92. The molecule has 0 saturated heterocycles. The van der Waals surface area contributed by atoms with Crippen LogP contribution in [0.4, 0.5) is 0 Å². The van der Waals surface area contributed by atoms with E-state index in [1.165, 1.54) is 10.1 Å². The van der Waals surface area contributed by atoms with E-state index in [2.05, 4.69) is 21.9 Å². The Morgan fingerprint density at radius 2 is 1.92 bits per heavy atom. The number of amides is 1. The van der Waals surface area contributed by atoms with Crippen LogP contribution < -0.4 is 11.4 Å². The topological polar surface area (TPSA) is 107 Å². The van der Waals surface area contributed by atoms with Gasteiger partial charge >= 0.3 is 5.69 Å². The molecule has 0 radical (unpaired) electrons. The lowest BCUT2D eigenvalue weighted by Crippen LogP contribution is -2.18. The van der Waals surface area contributed by atoms with Gasteiger partial charge in [-0.3, -0.25) is 9.36 Å². The van der Waals surface area contributed by atoms with Crippen molar-refractivity contribution < 1.29 is 4.79 Å². The Morgan fingerprint density at radius 1 is 1.25 bits per heavy atom. The highest BCUT2D eigenvalue weighted by Crippen LogP contribution is 2.22. The number of nitrogens with two attached hydrogens (primary N) is 1. The van der Waals surface area contributed by atoms with E-state index in [9.17, 15) is 9.59 Å². The van der Waals surface area contributed by atoms with Crippen LogP contribution in [0.5, 0.6) is 0 Å². The molecule has 1 aromatic carbocycles. The van der Waals surface area contributed by atoms with Gasteiger partial charge in [0.1, 0.15) is 5.52 Å². The maximum Gasteiger partial charge on any atom is 0.327 e. The Kier molecular flexibility index (Phi) is 3.92. The lowest BCUT2D eigenvalue weighted by atomic mass is 10.1. The van der Waals surface area contributed by atoms with Gasteiger partial charge in [-0.25, -0.2) is 14.8 Å². The molecule has 3 aromatic rings. The number of nitrogens with zero attached hydrogens (tertiary/aromatic N) is 3. The summed E-state index contributed by atoms with van der Waals surface area (Å²) in [6, 6.07) is 7.65. The first kappa shape index (κ1) is 15.9. The number of nitrogens with one attached hydrogen (secondary N) is 1. The summed E-state index contributed by atoms with van der Waals surface area (Å²) in [6.45, 7) is 5.82. The summed E-state index contributed by atoms with van der Waals surface area (Å²) in [7, 11) is 0. The first-order chi connectivity index (χ1) is 11.4. The summed E-state index contributed by atoms with van der Waals surface area (Å²) < 4.78 is 1.49. The van der Waals surface area contributed by atoms with Crippen molar-refractivity contribution in [3.05, 3.63) is 46.0 Å². The predicted octanol–water partition coefficient (Wildman–Crippen LogP) is 2.03. The Bertz CT molecular complexity index is 967. The van der Waals surface area contributed by atoms with Crippen LogP contribution in [-0.4, -0.2) is 25.4 Å². The second-order valence-electron chi connectivity index (χ2n) is 5.90. The largest absolute Gasteiger partial charge is 0.364 e. The quantitative estimate of drug-likeness (QED) is 0.765. The van der Waals surface area contributed by atoms with Gasteiger partial charge in [-0.15, -0.1) is 0 Å². The van der Waals surface area contributed by atoms with E-state index in [1.54, 1.807) is 0 Å². The number of hydrogen-bond acceptors (Lipinski definition) is 4. The molecule has 0 aliphatic carbocycles. The van der Waals surface area contributed by atoms with E-state index in [1.807, 2.05) is 38.1 Å². The average molecular weight is 325 g/mol. The minimum Gasteiger partial charge on any atom is -0.364 e. The third-order valence-electron chi connectivity index (χ3n) is 3.94. The van der Waals surface area contributed by atoms with E-state index >= 15 is 0 Å². The number of H-pyrrole nitrogens is 1. The number of aromatic amines is 1. The molecule has 0 fully saturated rings. The Labute approximate surface area is 138 Å². The first-order valence-electron chi connectivity index (χ1n) is 7.83. The molecular weight excluding hydrogens is 306 g/mol. The molecule has 7 nitrogen and oxygen atoms in total. The van der Waals surface area contributed by atoms with Crippen molar-refractivity contribution in [2.75, 3.05) is 0 Å². The molecule has 0 aliphatic heterocycles. The van der Waals surface area contributed by atoms with Gasteiger partial charge < -0.3 is 10.7 Å². The third kappa shape index (κ3) is 2.58. The zero-order chi connectivity index (χ0) is 17.4. The van der Waals surface area contributed by atoms with Gasteiger partial charge in [0, 0.05) is 11.6 Å². The molecule has 3 N–H and O–H groups in total. The van der Waals surface area contributed by atoms with E-state index in [0.717, 1.165) is 12.0 Å². The van der Waals surface area contributed by atoms with Gasteiger partial charge in [0.15, 0.2) is 17.2 Å². The van der Waals surface area contributed by atoms with E-state index < -0.39 is 5.91 Å². The zero-order valence-corrected chi connectivity index (χ0v) is 13.8. The minimum absolute atomic E-state index is 0.0195. The van der Waals surface area contributed by atoms with Crippen molar-refractivity contribution >= 4 is 17.1 Å². The van der Waals surface area contributed by atoms with E-state index in [4.69, 9.17) is 5.73 Å². The number of carbonyl (C=O) groups is 1. The van der Waals surface area contributed by atoms with Gasteiger partial charge in [0.25, 0.3) is 5.91 Å². The van der Waals surface area contributed by atoms with Crippen molar-refractivity contribution in [2.45, 2.75) is 33.2 Å². The third-order valence-corrected chi connectivity index (χ3v) is 3.94. The summed E-state index contributed by atoms with van der Waals surface area (Å²) in [4.78, 5) is 35.4. The van der Waals surface area contributed by atoms with Crippen LogP contribution in [0.1, 0.15) is 42.9 Å². The first-order valence-corrected chi connectivity index (χ1v) is 7.83. The monoisotopic (exact) mass is 325 g/mol. The number of primary amides is 1. The highest BCUT2D eigenvalue weighted by molar-refractivity contribution is 6.01. The molecule has 24 heavy (non-hydrogen) atoms. The minimum atomic E-state index is -0.703. The maximum atomic E-state index is 12.2. The highest BCUT2D eigenvalue weighted by Gasteiger charge is 2.20. The summed E-state index contributed by atoms with van der Waals surface area (Å²) in [6.07, 6.45) is 0.928. The van der Waals surface area contributed by atoms with Crippen molar-refractivity contribution in [2.24, 2.45) is 5.73 Å². The molecule has 0 unspecified atom stereocenters. The standard InChI is InChI=1S/C17H19N5O2/c1-4-10-5-7-11(8-6-10)15-19-12(14(18)23)13-16(21-15)22(9(2)3)17(24)20-13/h5-9H,4H2,1-3H3,(H2,18,23)(H,20,24). The second-order valence-corrected chi connectivity index (χ2v) is 5.90. The Morgan fingerprint density at radius 3 is 2.46 bits per heavy atom. The Hall–Kier alpha value is -2.96. The molecule has 2 aromatic heterocycles. The van der Waals surface area contributed by atoms with E-state index in [-0.39, 0.29) is 22.9 Å². The number of aromatic nitrogens is 4.